The lowest BCUT2D eigenvalue weighted by atomic mass is 10.0. The number of aryl methyl sites for hydroxylation is 1. The summed E-state index contributed by atoms with van der Waals surface area (Å²) in [5, 5.41) is 14.6. The molecule has 0 aromatic heterocycles. The molecule has 116 valence electrons. The first-order chi connectivity index (χ1) is 9.83. The molecule has 1 rings (SSSR count). The Bertz CT molecular complexity index is 514. The molecule has 2 atom stereocenters. The SMILES string of the molecule is CCC(C)CC(C)NC(=O)Nc1ccc(C(=O)O)cc1C. The number of urea groups is 1. The van der Waals surface area contributed by atoms with Gasteiger partial charge in [-0.25, -0.2) is 9.59 Å². The molecule has 0 heterocycles. The van der Waals surface area contributed by atoms with E-state index in [1.165, 1.54) is 6.07 Å². The Morgan fingerprint density at radius 1 is 1.29 bits per heavy atom. The number of amides is 2. The molecule has 0 aliphatic heterocycles. The predicted molar refractivity (Wildman–Crippen MR) is 83.8 cm³/mol. The zero-order valence-electron chi connectivity index (χ0n) is 13.1. The number of anilines is 1. The van der Waals surface area contributed by atoms with Crippen molar-refractivity contribution in [3.63, 3.8) is 0 Å². The average molecular weight is 292 g/mol. The Morgan fingerprint density at radius 3 is 2.48 bits per heavy atom. The maximum absolute atomic E-state index is 11.9. The number of carboxylic acid groups (broad SMARTS) is 1. The van der Waals surface area contributed by atoms with E-state index in [4.69, 9.17) is 5.11 Å². The molecule has 0 spiro atoms. The van der Waals surface area contributed by atoms with Gasteiger partial charge in [0.05, 0.1) is 5.56 Å². The number of aromatic carboxylic acids is 1. The van der Waals surface area contributed by atoms with Crippen LogP contribution in [0.2, 0.25) is 0 Å². The number of benzene rings is 1. The van der Waals surface area contributed by atoms with E-state index in [1.54, 1.807) is 19.1 Å². The number of hydrogen-bond acceptors (Lipinski definition) is 2. The van der Waals surface area contributed by atoms with Crippen LogP contribution in [-0.2, 0) is 0 Å². The predicted octanol–water partition coefficient (Wildman–Crippen LogP) is 3.64. The number of carbonyl (C=O) groups excluding carboxylic acids is 1. The third kappa shape index (κ3) is 5.45. The fourth-order valence-electron chi connectivity index (χ4n) is 2.15. The lowest BCUT2D eigenvalue weighted by Gasteiger charge is -2.18. The molecule has 0 fully saturated rings. The van der Waals surface area contributed by atoms with Gasteiger partial charge in [0.2, 0.25) is 0 Å². The Kier molecular flexibility index (Phi) is 6.21. The zero-order valence-corrected chi connectivity index (χ0v) is 13.1. The minimum absolute atomic E-state index is 0.0959. The normalized spacial score (nSPS) is 13.3. The molecule has 0 saturated carbocycles. The smallest absolute Gasteiger partial charge is 0.335 e. The summed E-state index contributed by atoms with van der Waals surface area (Å²) in [6.07, 6.45) is 2.02. The first-order valence-electron chi connectivity index (χ1n) is 7.25. The topological polar surface area (TPSA) is 78.4 Å². The van der Waals surface area contributed by atoms with Gasteiger partial charge in [0.15, 0.2) is 0 Å². The van der Waals surface area contributed by atoms with E-state index in [-0.39, 0.29) is 17.6 Å². The molecule has 1 aromatic rings. The average Bonchev–Trinajstić information content (AvgIpc) is 2.40. The Labute approximate surface area is 125 Å². The lowest BCUT2D eigenvalue weighted by molar-refractivity contribution is 0.0697. The van der Waals surface area contributed by atoms with Crippen LogP contribution in [-0.4, -0.2) is 23.1 Å². The molecule has 1 aromatic carbocycles. The van der Waals surface area contributed by atoms with Crippen LogP contribution >= 0.6 is 0 Å². The van der Waals surface area contributed by atoms with Crippen molar-refractivity contribution in [2.75, 3.05) is 5.32 Å². The second-order valence-corrected chi connectivity index (χ2v) is 5.58. The van der Waals surface area contributed by atoms with Crippen molar-refractivity contribution in [1.82, 2.24) is 5.32 Å². The number of hydrogen-bond donors (Lipinski definition) is 3. The lowest BCUT2D eigenvalue weighted by Crippen LogP contribution is -2.37. The van der Waals surface area contributed by atoms with Crippen LogP contribution < -0.4 is 10.6 Å². The molecule has 21 heavy (non-hydrogen) atoms. The van der Waals surface area contributed by atoms with Crippen molar-refractivity contribution in [3.8, 4) is 0 Å². The monoisotopic (exact) mass is 292 g/mol. The van der Waals surface area contributed by atoms with E-state index in [0.717, 1.165) is 18.4 Å². The summed E-state index contributed by atoms with van der Waals surface area (Å²) in [6.45, 7) is 8.03. The van der Waals surface area contributed by atoms with Crippen molar-refractivity contribution < 1.29 is 14.7 Å². The Morgan fingerprint density at radius 2 is 1.95 bits per heavy atom. The summed E-state index contributed by atoms with van der Waals surface area (Å²) in [6, 6.07) is 4.46. The van der Waals surface area contributed by atoms with Crippen molar-refractivity contribution in [2.24, 2.45) is 5.92 Å². The van der Waals surface area contributed by atoms with Gasteiger partial charge < -0.3 is 15.7 Å². The molecule has 5 nitrogen and oxygen atoms in total. The third-order valence-electron chi connectivity index (χ3n) is 3.55. The van der Waals surface area contributed by atoms with Crippen LogP contribution in [0.4, 0.5) is 10.5 Å². The molecule has 2 amide bonds. The van der Waals surface area contributed by atoms with Gasteiger partial charge in [-0.1, -0.05) is 20.3 Å². The number of nitrogens with one attached hydrogen (secondary N) is 2. The van der Waals surface area contributed by atoms with Gasteiger partial charge in [0.25, 0.3) is 0 Å². The number of carboxylic acids is 1. The van der Waals surface area contributed by atoms with Crippen molar-refractivity contribution >= 4 is 17.7 Å². The zero-order chi connectivity index (χ0) is 16.0. The standard InChI is InChI=1S/C16H24N2O3/c1-5-10(2)8-12(4)17-16(21)18-14-7-6-13(15(19)20)9-11(14)3/h6-7,9-10,12H,5,8H2,1-4H3,(H,19,20)(H2,17,18,21). The van der Waals surface area contributed by atoms with Gasteiger partial charge in [-0.2, -0.15) is 0 Å². The summed E-state index contributed by atoms with van der Waals surface area (Å²) in [5.74, 6) is -0.409. The minimum Gasteiger partial charge on any atom is -0.478 e. The largest absolute Gasteiger partial charge is 0.478 e. The van der Waals surface area contributed by atoms with Crippen LogP contribution in [0.15, 0.2) is 18.2 Å². The van der Waals surface area contributed by atoms with Crippen LogP contribution in [0.3, 0.4) is 0 Å². The van der Waals surface area contributed by atoms with E-state index < -0.39 is 5.97 Å². The summed E-state index contributed by atoms with van der Waals surface area (Å²) in [5.41, 5.74) is 1.55. The number of rotatable bonds is 6. The molecule has 0 saturated heterocycles. The van der Waals surface area contributed by atoms with Gasteiger partial charge >= 0.3 is 12.0 Å². The van der Waals surface area contributed by atoms with E-state index in [2.05, 4.69) is 24.5 Å². The van der Waals surface area contributed by atoms with Gasteiger partial charge in [0, 0.05) is 11.7 Å². The quantitative estimate of drug-likeness (QED) is 0.749. The molecular weight excluding hydrogens is 268 g/mol. The fourth-order valence-corrected chi connectivity index (χ4v) is 2.15. The number of carbonyl (C=O) groups is 2. The molecule has 0 bridgehead atoms. The maximum Gasteiger partial charge on any atom is 0.335 e. The summed E-state index contributed by atoms with van der Waals surface area (Å²) in [7, 11) is 0. The van der Waals surface area contributed by atoms with Gasteiger partial charge in [0.1, 0.15) is 0 Å². The summed E-state index contributed by atoms with van der Waals surface area (Å²) < 4.78 is 0. The van der Waals surface area contributed by atoms with Crippen LogP contribution in [0.25, 0.3) is 0 Å². The van der Waals surface area contributed by atoms with Gasteiger partial charge in [-0.3, -0.25) is 0 Å². The molecular formula is C16H24N2O3. The summed E-state index contributed by atoms with van der Waals surface area (Å²) >= 11 is 0. The molecule has 0 aliphatic rings. The molecule has 3 N–H and O–H groups in total. The third-order valence-corrected chi connectivity index (χ3v) is 3.55. The van der Waals surface area contributed by atoms with E-state index in [9.17, 15) is 9.59 Å². The first kappa shape index (κ1) is 17.0. The Hall–Kier alpha value is -2.04. The molecule has 0 aliphatic carbocycles. The molecule has 5 heteroatoms. The second-order valence-electron chi connectivity index (χ2n) is 5.58. The second kappa shape index (κ2) is 7.67. The first-order valence-corrected chi connectivity index (χ1v) is 7.25. The highest BCUT2D eigenvalue weighted by atomic mass is 16.4. The highest BCUT2D eigenvalue weighted by molar-refractivity contribution is 5.92. The van der Waals surface area contributed by atoms with Crippen molar-refractivity contribution in [3.05, 3.63) is 29.3 Å². The van der Waals surface area contributed by atoms with Crippen LogP contribution in [0.5, 0.6) is 0 Å². The minimum atomic E-state index is -0.976. The van der Waals surface area contributed by atoms with E-state index >= 15 is 0 Å². The van der Waals surface area contributed by atoms with E-state index in [1.807, 2.05) is 6.92 Å². The van der Waals surface area contributed by atoms with Crippen molar-refractivity contribution in [2.45, 2.75) is 46.6 Å². The van der Waals surface area contributed by atoms with Crippen LogP contribution in [0, 0.1) is 12.8 Å². The summed E-state index contributed by atoms with van der Waals surface area (Å²) in [4.78, 5) is 22.8. The van der Waals surface area contributed by atoms with Crippen molar-refractivity contribution in [1.29, 1.82) is 0 Å². The van der Waals surface area contributed by atoms with Gasteiger partial charge in [-0.15, -0.1) is 0 Å². The Balaban J connectivity index is 2.61. The molecule has 0 radical (unpaired) electrons. The van der Waals surface area contributed by atoms with E-state index in [0.29, 0.717) is 11.6 Å². The fraction of sp³-hybridized carbons (Fsp3) is 0.500. The van der Waals surface area contributed by atoms with Gasteiger partial charge in [-0.05, 0) is 49.9 Å². The maximum atomic E-state index is 11.9. The highest BCUT2D eigenvalue weighted by Gasteiger charge is 2.12. The molecule has 2 unspecified atom stereocenters. The highest BCUT2D eigenvalue weighted by Crippen LogP contribution is 2.17. The van der Waals surface area contributed by atoms with Crippen LogP contribution in [0.1, 0.15) is 49.5 Å².